The highest BCUT2D eigenvalue weighted by Crippen LogP contribution is 2.48. The zero-order chi connectivity index (χ0) is 10.7. The van der Waals surface area contributed by atoms with Crippen molar-refractivity contribution < 1.29 is 0 Å². The summed E-state index contributed by atoms with van der Waals surface area (Å²) in [5.41, 5.74) is 0. The fraction of sp³-hybridized carbons (Fsp3) is 1.00. The number of hydrogen-bond donors (Lipinski definition) is 2. The smallest absolute Gasteiger partial charge is 0.0107 e. The fourth-order valence-corrected chi connectivity index (χ4v) is 3.01. The summed E-state index contributed by atoms with van der Waals surface area (Å²) in [6.45, 7) is 12.9. The van der Waals surface area contributed by atoms with Gasteiger partial charge in [0.15, 0.2) is 0 Å². The zero-order valence-electron chi connectivity index (χ0n) is 10.1. The van der Waals surface area contributed by atoms with E-state index >= 15 is 0 Å². The molecule has 0 aromatic heterocycles. The Labute approximate surface area is 93.6 Å². The summed E-state index contributed by atoms with van der Waals surface area (Å²) >= 11 is 0. The maximum Gasteiger partial charge on any atom is 0.0107 e. The van der Waals surface area contributed by atoms with E-state index < -0.39 is 0 Å². The van der Waals surface area contributed by atoms with Crippen molar-refractivity contribution in [2.75, 3.05) is 45.8 Å². The topological polar surface area (TPSA) is 27.3 Å². The molecule has 1 saturated carbocycles. The van der Waals surface area contributed by atoms with Crippen LogP contribution in [0.25, 0.3) is 0 Å². The van der Waals surface area contributed by atoms with Crippen LogP contribution in [0.2, 0.25) is 0 Å². The monoisotopic (exact) mass is 211 g/mol. The largest absolute Gasteiger partial charge is 0.316 e. The van der Waals surface area contributed by atoms with Gasteiger partial charge in [-0.25, -0.2) is 0 Å². The summed E-state index contributed by atoms with van der Waals surface area (Å²) in [6, 6.07) is 0. The number of nitrogens with zero attached hydrogens (tertiary/aromatic N) is 1. The molecule has 0 spiro atoms. The second kappa shape index (κ2) is 5.28. The van der Waals surface area contributed by atoms with Crippen LogP contribution in [-0.2, 0) is 0 Å². The number of fused-ring (bicyclic) bond motifs is 1. The van der Waals surface area contributed by atoms with Crippen molar-refractivity contribution in [1.82, 2.24) is 15.5 Å². The molecule has 88 valence electrons. The van der Waals surface area contributed by atoms with Crippen LogP contribution in [0.3, 0.4) is 0 Å². The molecular formula is C12H25N3. The van der Waals surface area contributed by atoms with Crippen LogP contribution in [0.1, 0.15) is 13.8 Å². The Morgan fingerprint density at radius 2 is 1.60 bits per heavy atom. The van der Waals surface area contributed by atoms with Crippen molar-refractivity contribution in [1.29, 1.82) is 0 Å². The minimum absolute atomic E-state index is 1.04. The van der Waals surface area contributed by atoms with Crippen molar-refractivity contribution in [3.8, 4) is 0 Å². The summed E-state index contributed by atoms with van der Waals surface area (Å²) in [5, 5.41) is 6.86. The Bertz CT molecular complexity index is 179. The van der Waals surface area contributed by atoms with Crippen molar-refractivity contribution in [3.63, 3.8) is 0 Å². The van der Waals surface area contributed by atoms with Crippen LogP contribution in [0, 0.1) is 17.8 Å². The van der Waals surface area contributed by atoms with E-state index in [1.807, 2.05) is 13.8 Å². The lowest BCUT2D eigenvalue weighted by atomic mass is 10.2. The molecule has 15 heavy (non-hydrogen) atoms. The normalized spacial score (nSPS) is 39.2. The summed E-state index contributed by atoms with van der Waals surface area (Å²) < 4.78 is 0. The van der Waals surface area contributed by atoms with Crippen LogP contribution in [0.5, 0.6) is 0 Å². The van der Waals surface area contributed by atoms with Crippen LogP contribution < -0.4 is 10.6 Å². The molecule has 2 saturated heterocycles. The number of piperazine rings is 1. The van der Waals surface area contributed by atoms with E-state index in [9.17, 15) is 0 Å². The van der Waals surface area contributed by atoms with E-state index in [0.29, 0.717) is 0 Å². The Kier molecular flexibility index (Phi) is 4.00. The lowest BCUT2D eigenvalue weighted by Gasteiger charge is -2.27. The van der Waals surface area contributed by atoms with E-state index in [-0.39, 0.29) is 0 Å². The van der Waals surface area contributed by atoms with Crippen LogP contribution in [0.15, 0.2) is 0 Å². The molecule has 0 aromatic rings. The molecule has 0 aromatic carbocycles. The predicted octanol–water partition coefficient (Wildman–Crippen LogP) is 0.383. The van der Waals surface area contributed by atoms with E-state index in [1.165, 1.54) is 45.8 Å². The molecule has 1 aliphatic carbocycles. The van der Waals surface area contributed by atoms with Gasteiger partial charge in [-0.15, -0.1) is 0 Å². The van der Waals surface area contributed by atoms with Gasteiger partial charge in [0.1, 0.15) is 0 Å². The van der Waals surface area contributed by atoms with Gasteiger partial charge in [-0.05, 0) is 30.8 Å². The number of nitrogens with one attached hydrogen (secondary N) is 2. The lowest BCUT2D eigenvalue weighted by Crippen LogP contribution is -2.44. The molecule has 2 N–H and O–H groups in total. The van der Waals surface area contributed by atoms with Gasteiger partial charge in [0.25, 0.3) is 0 Å². The summed E-state index contributed by atoms with van der Waals surface area (Å²) in [7, 11) is 0. The van der Waals surface area contributed by atoms with Gasteiger partial charge in [0.05, 0.1) is 0 Å². The molecule has 3 fully saturated rings. The molecule has 3 rings (SSSR count). The number of rotatable bonds is 2. The molecule has 3 atom stereocenters. The van der Waals surface area contributed by atoms with Gasteiger partial charge in [0, 0.05) is 32.7 Å². The second-order valence-electron chi connectivity index (χ2n) is 4.70. The molecule has 0 amide bonds. The molecule has 2 heterocycles. The van der Waals surface area contributed by atoms with Gasteiger partial charge in [0.2, 0.25) is 0 Å². The fourth-order valence-electron chi connectivity index (χ4n) is 3.01. The molecule has 2 aliphatic heterocycles. The second-order valence-corrected chi connectivity index (χ2v) is 4.70. The van der Waals surface area contributed by atoms with Crippen molar-refractivity contribution in [3.05, 3.63) is 0 Å². The van der Waals surface area contributed by atoms with Crippen LogP contribution in [-0.4, -0.2) is 50.7 Å². The van der Waals surface area contributed by atoms with Gasteiger partial charge in [-0.2, -0.15) is 0 Å². The van der Waals surface area contributed by atoms with Gasteiger partial charge >= 0.3 is 0 Å². The average molecular weight is 211 g/mol. The Balaban J connectivity index is 0.000000404. The highest BCUT2D eigenvalue weighted by molar-refractivity contribution is 5.04. The third-order valence-electron chi connectivity index (χ3n) is 3.95. The number of hydrogen-bond acceptors (Lipinski definition) is 3. The predicted molar refractivity (Wildman–Crippen MR) is 64.0 cm³/mol. The standard InChI is InChI=1S/C10H19N3.C2H6/c1-3-13(4-2-11-1)7-10-8-5-12-6-9(8)10;1-2/h8-12H,1-7H2;1-2H3/t8-,9+,10?;. The Morgan fingerprint density at radius 1 is 1.00 bits per heavy atom. The zero-order valence-corrected chi connectivity index (χ0v) is 10.1. The third-order valence-corrected chi connectivity index (χ3v) is 3.95. The minimum atomic E-state index is 1.04. The van der Waals surface area contributed by atoms with Gasteiger partial charge < -0.3 is 15.5 Å². The van der Waals surface area contributed by atoms with E-state index in [1.54, 1.807) is 0 Å². The van der Waals surface area contributed by atoms with E-state index in [4.69, 9.17) is 0 Å². The van der Waals surface area contributed by atoms with Crippen molar-refractivity contribution in [2.45, 2.75) is 13.8 Å². The molecule has 0 radical (unpaired) electrons. The first-order chi connectivity index (χ1) is 7.45. The maximum absolute atomic E-state index is 3.46. The third kappa shape index (κ3) is 2.52. The van der Waals surface area contributed by atoms with Crippen molar-refractivity contribution in [2.24, 2.45) is 17.8 Å². The average Bonchev–Trinajstić information content (AvgIpc) is 2.78. The summed E-state index contributed by atoms with van der Waals surface area (Å²) in [6.07, 6.45) is 0. The molecular weight excluding hydrogens is 186 g/mol. The Morgan fingerprint density at radius 3 is 2.20 bits per heavy atom. The summed E-state index contributed by atoms with van der Waals surface area (Å²) in [4.78, 5) is 2.64. The highest BCUT2D eigenvalue weighted by atomic mass is 15.2. The van der Waals surface area contributed by atoms with E-state index in [0.717, 1.165) is 17.8 Å². The molecule has 3 aliphatic rings. The minimum Gasteiger partial charge on any atom is -0.316 e. The first kappa shape index (κ1) is 11.4. The molecule has 0 bridgehead atoms. The first-order valence-corrected chi connectivity index (χ1v) is 6.59. The molecule has 3 nitrogen and oxygen atoms in total. The van der Waals surface area contributed by atoms with Gasteiger partial charge in [-0.3, -0.25) is 0 Å². The highest BCUT2D eigenvalue weighted by Gasteiger charge is 2.52. The van der Waals surface area contributed by atoms with Gasteiger partial charge in [-0.1, -0.05) is 13.8 Å². The Hall–Kier alpha value is -0.120. The summed E-state index contributed by atoms with van der Waals surface area (Å²) in [5.74, 6) is 3.11. The van der Waals surface area contributed by atoms with Crippen LogP contribution in [0.4, 0.5) is 0 Å². The lowest BCUT2D eigenvalue weighted by molar-refractivity contribution is 0.223. The maximum atomic E-state index is 3.46. The molecule has 3 heteroatoms. The molecule has 1 unspecified atom stereocenters. The van der Waals surface area contributed by atoms with Crippen LogP contribution >= 0.6 is 0 Å². The first-order valence-electron chi connectivity index (χ1n) is 6.59. The SMILES string of the molecule is C1CN(CC2[C@H]3CNC[C@@H]23)CCN1.CC. The van der Waals surface area contributed by atoms with Crippen molar-refractivity contribution >= 4 is 0 Å². The van der Waals surface area contributed by atoms with E-state index in [2.05, 4.69) is 15.5 Å². The number of piperidine rings is 1. The quantitative estimate of drug-likeness (QED) is 0.692.